The molecule has 1 atom stereocenters. The Balaban J connectivity index is 1.45. The van der Waals surface area contributed by atoms with E-state index in [1.165, 1.54) is 6.92 Å². The van der Waals surface area contributed by atoms with Crippen molar-refractivity contribution >= 4 is 23.1 Å². The lowest BCUT2D eigenvalue weighted by Crippen LogP contribution is -2.34. The predicted molar refractivity (Wildman–Crippen MR) is 173 cm³/mol. The maximum absolute atomic E-state index is 12.6. The molecule has 4 aromatic carbocycles. The lowest BCUT2D eigenvalue weighted by Gasteiger charge is -2.21. The van der Waals surface area contributed by atoms with Gasteiger partial charge in [-0.15, -0.1) is 0 Å². The van der Waals surface area contributed by atoms with Crippen LogP contribution in [0.25, 0.3) is 11.1 Å². The van der Waals surface area contributed by atoms with Gasteiger partial charge in [0.25, 0.3) is 0 Å². The van der Waals surface area contributed by atoms with Crippen LogP contribution in [0.4, 0.5) is 0 Å². The lowest BCUT2D eigenvalue weighted by molar-refractivity contribution is -0.148. The number of hydrogen-bond donors (Lipinski definition) is 0. The second kappa shape index (κ2) is 14.6. The highest BCUT2D eigenvalue weighted by Crippen LogP contribution is 2.40. The number of allylic oxidation sites excluding steroid dienone is 1. The van der Waals surface area contributed by atoms with Crippen LogP contribution in [0.2, 0.25) is 0 Å². The first-order valence-electron chi connectivity index (χ1n) is 14.9. The van der Waals surface area contributed by atoms with Crippen molar-refractivity contribution in [3.8, 4) is 23.0 Å². The summed E-state index contributed by atoms with van der Waals surface area (Å²) in [5, 5.41) is 0. The summed E-state index contributed by atoms with van der Waals surface area (Å²) in [4.78, 5) is 26.1. The molecule has 0 radical (unpaired) electrons. The van der Waals surface area contributed by atoms with Crippen molar-refractivity contribution in [2.45, 2.75) is 26.4 Å². The maximum Gasteiger partial charge on any atom is 0.343 e. The average molecular weight is 608 g/mol. The number of nitrogens with zero attached hydrogens (tertiary/aromatic N) is 1. The Hall–Kier alpha value is -5.08. The topological polar surface area (TPSA) is 83.5 Å². The number of benzene rings is 4. The van der Waals surface area contributed by atoms with E-state index in [2.05, 4.69) is 6.92 Å². The van der Waals surface area contributed by atoms with Gasteiger partial charge in [-0.1, -0.05) is 55.5 Å². The summed E-state index contributed by atoms with van der Waals surface area (Å²) in [6.07, 6.45) is 0.354. The summed E-state index contributed by atoms with van der Waals surface area (Å²) in [7, 11) is 3.84. The Labute approximate surface area is 263 Å². The van der Waals surface area contributed by atoms with E-state index in [-0.39, 0.29) is 25.5 Å². The largest absolute Gasteiger partial charge is 0.490 e. The van der Waals surface area contributed by atoms with Crippen LogP contribution in [0.15, 0.2) is 97.1 Å². The minimum Gasteiger partial charge on any atom is -0.490 e. The molecule has 0 N–H and O–H groups in total. The van der Waals surface area contributed by atoms with Crippen molar-refractivity contribution in [3.05, 3.63) is 119 Å². The molecule has 0 bridgehead atoms. The molecule has 4 aromatic rings. The Kier molecular flexibility index (Phi) is 10.2. The molecule has 0 aliphatic carbocycles. The SMILES string of the molecule is CC/C(=C(/c1ccc(OCC(CN(C)C)OC(C)=O)cc1)c1ccc(OC(=O)c2ccccc2)cc1)c1ccc2c(c1)OCO2. The molecule has 0 spiro atoms. The zero-order chi connectivity index (χ0) is 31.8. The molecule has 0 amide bonds. The number of ether oxygens (including phenoxy) is 5. The first-order chi connectivity index (χ1) is 21.8. The van der Waals surface area contributed by atoms with Crippen LogP contribution in [-0.2, 0) is 9.53 Å². The summed E-state index contributed by atoms with van der Waals surface area (Å²) in [5.74, 6) is 1.81. The lowest BCUT2D eigenvalue weighted by atomic mass is 9.88. The smallest absolute Gasteiger partial charge is 0.343 e. The quantitative estimate of drug-likeness (QED) is 0.0980. The zero-order valence-electron chi connectivity index (χ0n) is 25.9. The van der Waals surface area contributed by atoms with Gasteiger partial charge in [-0.25, -0.2) is 4.79 Å². The van der Waals surface area contributed by atoms with Gasteiger partial charge in [-0.05, 0) is 96.9 Å². The molecule has 0 saturated carbocycles. The third-order valence-electron chi connectivity index (χ3n) is 7.22. The summed E-state index contributed by atoms with van der Waals surface area (Å²) in [6.45, 7) is 4.51. The second-order valence-corrected chi connectivity index (χ2v) is 10.9. The van der Waals surface area contributed by atoms with Gasteiger partial charge in [0.2, 0.25) is 6.79 Å². The third kappa shape index (κ3) is 8.10. The fourth-order valence-electron chi connectivity index (χ4n) is 5.23. The summed E-state index contributed by atoms with van der Waals surface area (Å²) in [5.41, 5.74) is 5.58. The Morgan fingerprint density at radius 2 is 1.40 bits per heavy atom. The molecule has 1 unspecified atom stereocenters. The van der Waals surface area contributed by atoms with Crippen molar-refractivity contribution in [1.82, 2.24) is 4.90 Å². The van der Waals surface area contributed by atoms with E-state index in [1.807, 2.05) is 79.7 Å². The van der Waals surface area contributed by atoms with Crippen LogP contribution in [0.5, 0.6) is 23.0 Å². The molecular weight excluding hydrogens is 570 g/mol. The van der Waals surface area contributed by atoms with E-state index in [0.717, 1.165) is 40.0 Å². The van der Waals surface area contributed by atoms with Gasteiger partial charge >= 0.3 is 11.9 Å². The molecule has 45 heavy (non-hydrogen) atoms. The summed E-state index contributed by atoms with van der Waals surface area (Å²) >= 11 is 0. The molecule has 0 saturated heterocycles. The minimum atomic E-state index is -0.411. The summed E-state index contributed by atoms with van der Waals surface area (Å²) in [6, 6.07) is 30.3. The van der Waals surface area contributed by atoms with Crippen LogP contribution in [-0.4, -0.2) is 57.0 Å². The number of likely N-dealkylation sites (N-methyl/N-ethyl adjacent to an activating group) is 1. The number of esters is 2. The van der Waals surface area contributed by atoms with E-state index in [9.17, 15) is 9.59 Å². The van der Waals surface area contributed by atoms with Crippen molar-refractivity contribution in [2.75, 3.05) is 34.0 Å². The van der Waals surface area contributed by atoms with Crippen LogP contribution in [0.3, 0.4) is 0 Å². The highest BCUT2D eigenvalue weighted by atomic mass is 16.7. The van der Waals surface area contributed by atoms with Crippen molar-refractivity contribution < 1.29 is 33.3 Å². The van der Waals surface area contributed by atoms with Crippen molar-refractivity contribution in [1.29, 1.82) is 0 Å². The molecular formula is C37H37NO7. The molecule has 0 aromatic heterocycles. The van der Waals surface area contributed by atoms with E-state index in [1.54, 1.807) is 36.4 Å². The number of carbonyl (C=O) groups is 2. The molecule has 8 heteroatoms. The molecule has 1 aliphatic rings. The van der Waals surface area contributed by atoms with Crippen molar-refractivity contribution in [3.63, 3.8) is 0 Å². The molecule has 232 valence electrons. The van der Waals surface area contributed by atoms with Crippen LogP contribution in [0, 0.1) is 0 Å². The van der Waals surface area contributed by atoms with Crippen LogP contribution < -0.4 is 18.9 Å². The van der Waals surface area contributed by atoms with Gasteiger partial charge in [0.05, 0.1) is 5.56 Å². The first kappa shape index (κ1) is 31.3. The third-order valence-corrected chi connectivity index (χ3v) is 7.22. The predicted octanol–water partition coefficient (Wildman–Crippen LogP) is 6.88. The van der Waals surface area contributed by atoms with E-state index in [4.69, 9.17) is 23.7 Å². The fraction of sp³-hybridized carbons (Fsp3) is 0.243. The first-order valence-corrected chi connectivity index (χ1v) is 14.9. The van der Waals surface area contributed by atoms with Gasteiger partial charge < -0.3 is 28.6 Å². The fourth-order valence-corrected chi connectivity index (χ4v) is 5.23. The van der Waals surface area contributed by atoms with E-state index >= 15 is 0 Å². The molecule has 8 nitrogen and oxygen atoms in total. The minimum absolute atomic E-state index is 0.203. The number of carbonyl (C=O) groups excluding carboxylic acids is 2. The van der Waals surface area contributed by atoms with Gasteiger partial charge in [0.1, 0.15) is 24.2 Å². The van der Waals surface area contributed by atoms with Gasteiger partial charge in [-0.2, -0.15) is 0 Å². The Bertz CT molecular complexity index is 1640. The molecule has 0 fully saturated rings. The van der Waals surface area contributed by atoms with Crippen LogP contribution >= 0.6 is 0 Å². The van der Waals surface area contributed by atoms with Crippen LogP contribution in [0.1, 0.15) is 47.3 Å². The maximum atomic E-state index is 12.6. The standard InChI is InChI=1S/C37H37NO7/c1-5-33(29-15-20-34-35(21-29)43-24-42-34)36(27-13-18-31(19-14-27)45-37(40)28-9-7-6-8-10-28)26-11-16-30(17-12-26)41-23-32(22-38(3)4)44-25(2)39/h6-21,32H,5,22-24H2,1-4H3/b36-33+. The Morgan fingerprint density at radius 1 is 0.778 bits per heavy atom. The van der Waals surface area contributed by atoms with Crippen molar-refractivity contribution in [2.24, 2.45) is 0 Å². The monoisotopic (exact) mass is 607 g/mol. The molecule has 1 heterocycles. The number of hydrogen-bond acceptors (Lipinski definition) is 8. The molecule has 1 aliphatic heterocycles. The normalized spacial score (nSPS) is 13.2. The van der Waals surface area contributed by atoms with E-state index in [0.29, 0.717) is 29.4 Å². The summed E-state index contributed by atoms with van der Waals surface area (Å²) < 4.78 is 28.3. The average Bonchev–Trinajstić information content (AvgIpc) is 3.51. The van der Waals surface area contributed by atoms with Gasteiger partial charge in [-0.3, -0.25) is 4.79 Å². The molecule has 5 rings (SSSR count). The second-order valence-electron chi connectivity index (χ2n) is 10.9. The number of rotatable bonds is 12. The zero-order valence-corrected chi connectivity index (χ0v) is 25.9. The highest BCUT2D eigenvalue weighted by Gasteiger charge is 2.19. The number of fused-ring (bicyclic) bond motifs is 1. The Morgan fingerprint density at radius 3 is 2.02 bits per heavy atom. The van der Waals surface area contributed by atoms with Gasteiger partial charge in [0, 0.05) is 13.5 Å². The van der Waals surface area contributed by atoms with Gasteiger partial charge in [0.15, 0.2) is 11.5 Å². The highest BCUT2D eigenvalue weighted by molar-refractivity contribution is 5.99. The van der Waals surface area contributed by atoms with E-state index < -0.39 is 5.97 Å².